The first-order valence-electron chi connectivity index (χ1n) is 11.2. The summed E-state index contributed by atoms with van der Waals surface area (Å²) in [5.74, 6) is 1.02. The summed E-state index contributed by atoms with van der Waals surface area (Å²) >= 11 is 1.65. The highest BCUT2D eigenvalue weighted by molar-refractivity contribution is 7.99. The lowest BCUT2D eigenvalue weighted by atomic mass is 10.1. The number of carbonyl (C=O) groups excluding carboxylic acids is 2. The third-order valence-electron chi connectivity index (χ3n) is 5.48. The van der Waals surface area contributed by atoms with Crippen molar-refractivity contribution in [1.29, 1.82) is 0 Å². The van der Waals surface area contributed by atoms with Crippen LogP contribution in [-0.4, -0.2) is 64.1 Å². The third-order valence-corrected chi connectivity index (χ3v) is 6.54. The number of hydrogen-bond acceptors (Lipinski definition) is 8. The van der Waals surface area contributed by atoms with E-state index in [1.807, 2.05) is 6.20 Å². The molecule has 0 atom stereocenters. The molecule has 1 aliphatic heterocycles. The van der Waals surface area contributed by atoms with Crippen molar-refractivity contribution in [1.82, 2.24) is 25.1 Å². The minimum Gasteiger partial charge on any atom is -0.465 e. The van der Waals surface area contributed by atoms with E-state index >= 15 is 0 Å². The summed E-state index contributed by atoms with van der Waals surface area (Å²) in [5, 5.41) is 9.09. The molecule has 33 heavy (non-hydrogen) atoms. The molecule has 0 unspecified atom stereocenters. The Morgan fingerprint density at radius 3 is 2.64 bits per heavy atom. The van der Waals surface area contributed by atoms with Gasteiger partial charge in [0, 0.05) is 25.4 Å². The van der Waals surface area contributed by atoms with Crippen LogP contribution < -0.4 is 10.2 Å². The minimum absolute atomic E-state index is 0.239. The number of thioether (sulfide) groups is 1. The molecule has 0 bridgehead atoms. The quantitative estimate of drug-likeness (QED) is 0.290. The monoisotopic (exact) mass is 468 g/mol. The molecule has 0 spiro atoms. The fourth-order valence-corrected chi connectivity index (χ4v) is 4.54. The van der Waals surface area contributed by atoms with Crippen molar-refractivity contribution in [3.8, 4) is 0 Å². The molecule has 0 aliphatic carbocycles. The maximum atomic E-state index is 12.7. The molecular weight excluding hydrogens is 440 g/mol. The summed E-state index contributed by atoms with van der Waals surface area (Å²) in [6.07, 6.45) is 5.18. The van der Waals surface area contributed by atoms with Crippen LogP contribution in [0.2, 0.25) is 0 Å². The third kappa shape index (κ3) is 5.11. The highest BCUT2D eigenvalue weighted by Crippen LogP contribution is 2.29. The molecule has 1 aromatic carbocycles. The van der Waals surface area contributed by atoms with Gasteiger partial charge in [-0.1, -0.05) is 30.8 Å². The van der Waals surface area contributed by atoms with Crippen molar-refractivity contribution in [3.63, 3.8) is 0 Å². The van der Waals surface area contributed by atoms with E-state index in [9.17, 15) is 9.59 Å². The Morgan fingerprint density at radius 1 is 1.15 bits per heavy atom. The largest absolute Gasteiger partial charge is 0.465 e. The molecule has 0 saturated carbocycles. The Kier molecular flexibility index (Phi) is 7.43. The van der Waals surface area contributed by atoms with Crippen LogP contribution in [0.4, 0.5) is 5.82 Å². The lowest BCUT2D eigenvalue weighted by molar-refractivity contribution is 0.0596. The summed E-state index contributed by atoms with van der Waals surface area (Å²) in [5.41, 5.74) is 1.30. The van der Waals surface area contributed by atoms with Crippen molar-refractivity contribution >= 4 is 40.5 Å². The number of fused-ring (bicyclic) bond motifs is 1. The number of esters is 1. The van der Waals surface area contributed by atoms with Gasteiger partial charge in [-0.3, -0.25) is 4.79 Å². The van der Waals surface area contributed by atoms with Crippen molar-refractivity contribution in [2.45, 2.75) is 37.9 Å². The van der Waals surface area contributed by atoms with Crippen molar-refractivity contribution < 1.29 is 14.3 Å². The smallest absolute Gasteiger partial charge is 0.338 e. The summed E-state index contributed by atoms with van der Waals surface area (Å²) in [6.45, 7) is 4.91. The molecule has 2 aromatic heterocycles. The van der Waals surface area contributed by atoms with Gasteiger partial charge < -0.3 is 15.0 Å². The van der Waals surface area contributed by atoms with E-state index in [4.69, 9.17) is 14.7 Å². The Morgan fingerprint density at radius 2 is 1.91 bits per heavy atom. The van der Waals surface area contributed by atoms with Gasteiger partial charge in [0.1, 0.15) is 5.82 Å². The highest BCUT2D eigenvalue weighted by Gasteiger charge is 2.21. The van der Waals surface area contributed by atoms with Crippen molar-refractivity contribution in [2.24, 2.45) is 0 Å². The van der Waals surface area contributed by atoms with Crippen molar-refractivity contribution in [3.05, 3.63) is 41.6 Å². The van der Waals surface area contributed by atoms with E-state index in [1.165, 1.54) is 7.11 Å². The molecule has 3 heterocycles. The number of amides is 1. The van der Waals surface area contributed by atoms with Gasteiger partial charge in [0.25, 0.3) is 5.91 Å². The first kappa shape index (κ1) is 23.0. The van der Waals surface area contributed by atoms with E-state index in [-0.39, 0.29) is 17.0 Å². The number of hydrogen-bond donors (Lipinski definition) is 1. The first-order chi connectivity index (χ1) is 16.1. The second kappa shape index (κ2) is 10.7. The SMILES string of the molecule is CCCSc1nc(N2CCCC2)c2cnn(CCNC(=O)c3ccccc3C(=O)OC)c2n1. The molecule has 0 radical (unpaired) electrons. The van der Waals surface area contributed by atoms with Crippen LogP contribution in [0.3, 0.4) is 0 Å². The van der Waals surface area contributed by atoms with E-state index in [0.29, 0.717) is 13.1 Å². The number of benzene rings is 1. The molecular formula is C23H28N6O3S. The number of methoxy groups -OCH3 is 1. The van der Waals surface area contributed by atoms with E-state index in [0.717, 1.165) is 60.1 Å². The van der Waals surface area contributed by atoms with Gasteiger partial charge in [0.05, 0.1) is 36.4 Å². The summed E-state index contributed by atoms with van der Waals surface area (Å²) in [4.78, 5) is 36.5. The van der Waals surface area contributed by atoms with Crippen LogP contribution in [0.25, 0.3) is 11.0 Å². The predicted octanol–water partition coefficient (Wildman–Crippen LogP) is 3.15. The molecule has 10 heteroatoms. The van der Waals surface area contributed by atoms with Gasteiger partial charge >= 0.3 is 5.97 Å². The van der Waals surface area contributed by atoms with E-state index < -0.39 is 5.97 Å². The maximum absolute atomic E-state index is 12.7. The van der Waals surface area contributed by atoms with Crippen LogP contribution in [0.15, 0.2) is 35.6 Å². The van der Waals surface area contributed by atoms with Crippen LogP contribution >= 0.6 is 11.8 Å². The number of aromatic nitrogens is 4. The molecule has 1 aliphatic rings. The minimum atomic E-state index is -0.540. The van der Waals surface area contributed by atoms with Gasteiger partial charge in [-0.25, -0.2) is 19.4 Å². The number of rotatable bonds is 9. The standard InChI is InChI=1S/C23H28N6O3S/c1-3-14-33-23-26-19(28-11-6-7-12-28)18-15-25-29(20(18)27-23)13-10-24-21(30)16-8-4-5-9-17(16)22(31)32-2/h4-5,8-9,15H,3,6-7,10-14H2,1-2H3,(H,24,30). The molecule has 1 fully saturated rings. The topological polar surface area (TPSA) is 102 Å². The van der Waals surface area contributed by atoms with Gasteiger partial charge in [-0.05, 0) is 31.4 Å². The Hall–Kier alpha value is -3.14. The Bertz CT molecular complexity index is 1140. The van der Waals surface area contributed by atoms with Gasteiger partial charge in [0.15, 0.2) is 10.8 Å². The van der Waals surface area contributed by atoms with Crippen LogP contribution in [-0.2, 0) is 11.3 Å². The number of anilines is 1. The zero-order valence-corrected chi connectivity index (χ0v) is 19.7. The van der Waals surface area contributed by atoms with Gasteiger partial charge in [0.2, 0.25) is 0 Å². The fraction of sp³-hybridized carbons (Fsp3) is 0.435. The number of carbonyl (C=O) groups is 2. The average molecular weight is 469 g/mol. The predicted molar refractivity (Wildman–Crippen MR) is 128 cm³/mol. The molecule has 1 N–H and O–H groups in total. The molecule has 3 aromatic rings. The molecule has 174 valence electrons. The van der Waals surface area contributed by atoms with Gasteiger partial charge in [-0.15, -0.1) is 0 Å². The number of nitrogens with zero attached hydrogens (tertiary/aromatic N) is 5. The summed E-state index contributed by atoms with van der Waals surface area (Å²) in [7, 11) is 1.30. The summed E-state index contributed by atoms with van der Waals surface area (Å²) < 4.78 is 6.58. The zero-order chi connectivity index (χ0) is 23.2. The molecule has 4 rings (SSSR count). The lowest BCUT2D eigenvalue weighted by Gasteiger charge is -2.18. The highest BCUT2D eigenvalue weighted by atomic mass is 32.2. The second-order valence-corrected chi connectivity index (χ2v) is 8.83. The Balaban J connectivity index is 1.52. The zero-order valence-electron chi connectivity index (χ0n) is 18.9. The molecule has 1 amide bonds. The van der Waals surface area contributed by atoms with Gasteiger partial charge in [-0.2, -0.15) is 5.10 Å². The van der Waals surface area contributed by atoms with E-state index in [2.05, 4.69) is 22.2 Å². The van der Waals surface area contributed by atoms with E-state index in [1.54, 1.807) is 40.7 Å². The molecule has 9 nitrogen and oxygen atoms in total. The number of ether oxygens (including phenoxy) is 1. The average Bonchev–Trinajstić information content (AvgIpc) is 3.52. The first-order valence-corrected chi connectivity index (χ1v) is 12.2. The fourth-order valence-electron chi connectivity index (χ4n) is 3.85. The van der Waals surface area contributed by atoms with Crippen LogP contribution in [0.5, 0.6) is 0 Å². The maximum Gasteiger partial charge on any atom is 0.338 e. The van der Waals surface area contributed by atoms with Crippen molar-refractivity contribution in [2.75, 3.05) is 37.4 Å². The lowest BCUT2D eigenvalue weighted by Crippen LogP contribution is -2.29. The second-order valence-electron chi connectivity index (χ2n) is 7.77. The van der Waals surface area contributed by atoms with Crippen LogP contribution in [0.1, 0.15) is 46.9 Å². The van der Waals surface area contributed by atoms with Crippen LogP contribution in [0, 0.1) is 0 Å². The molecule has 1 saturated heterocycles. The summed E-state index contributed by atoms with van der Waals surface area (Å²) in [6, 6.07) is 6.60. The normalized spacial score (nSPS) is 13.5. The Labute approximate surface area is 196 Å². The number of nitrogens with one attached hydrogen (secondary N) is 1.